The number of ether oxygens (including phenoxy) is 1. The van der Waals surface area contributed by atoms with Crippen molar-refractivity contribution in [3.63, 3.8) is 0 Å². The second kappa shape index (κ2) is 7.12. The third-order valence-corrected chi connectivity index (χ3v) is 4.59. The zero-order valence-corrected chi connectivity index (χ0v) is 15.2. The average Bonchev–Trinajstić information content (AvgIpc) is 2.45. The summed E-state index contributed by atoms with van der Waals surface area (Å²) in [6, 6.07) is 7.24. The van der Waals surface area contributed by atoms with Gasteiger partial charge in [0.1, 0.15) is 0 Å². The van der Waals surface area contributed by atoms with E-state index in [4.69, 9.17) is 4.74 Å². The van der Waals surface area contributed by atoms with Gasteiger partial charge in [-0.15, -0.1) is 0 Å². The van der Waals surface area contributed by atoms with Gasteiger partial charge >= 0.3 is 0 Å². The Morgan fingerprint density at radius 2 is 1.95 bits per heavy atom. The Hall–Kier alpha value is -0.580. The van der Waals surface area contributed by atoms with Gasteiger partial charge in [0, 0.05) is 42.9 Å². The van der Waals surface area contributed by atoms with Crippen molar-refractivity contribution in [1.29, 1.82) is 0 Å². The smallest absolute Gasteiger partial charge is 0.0510 e. The zero-order valence-electron chi connectivity index (χ0n) is 13.6. The van der Waals surface area contributed by atoms with Gasteiger partial charge in [-0.3, -0.25) is 0 Å². The molecular formula is C17H27BrN2O. The normalized spacial score (nSPS) is 17.0. The Labute approximate surface area is 137 Å². The van der Waals surface area contributed by atoms with Gasteiger partial charge < -0.3 is 15.0 Å². The molecule has 0 saturated carbocycles. The van der Waals surface area contributed by atoms with E-state index in [0.717, 1.165) is 32.6 Å². The molecule has 1 fully saturated rings. The van der Waals surface area contributed by atoms with Crippen molar-refractivity contribution in [2.24, 2.45) is 0 Å². The van der Waals surface area contributed by atoms with Crippen LogP contribution >= 0.6 is 15.9 Å². The first-order chi connectivity index (χ1) is 9.87. The Balaban J connectivity index is 2.04. The maximum Gasteiger partial charge on any atom is 0.0510 e. The molecule has 2 rings (SSSR count). The molecule has 1 aliphatic rings. The van der Waals surface area contributed by atoms with E-state index in [1.54, 1.807) is 0 Å². The minimum absolute atomic E-state index is 0.143. The van der Waals surface area contributed by atoms with E-state index in [1.165, 1.54) is 15.7 Å². The molecule has 0 atom stereocenters. The summed E-state index contributed by atoms with van der Waals surface area (Å²) in [7, 11) is 2.18. The third kappa shape index (κ3) is 4.97. The summed E-state index contributed by atoms with van der Waals surface area (Å²) in [6.07, 6.45) is 2.21. The number of hydrogen-bond donors (Lipinski definition) is 1. The molecule has 1 aromatic carbocycles. The molecule has 0 aromatic heterocycles. The molecule has 0 spiro atoms. The number of anilines is 1. The number of nitrogens with one attached hydrogen (secondary N) is 1. The molecule has 0 unspecified atom stereocenters. The summed E-state index contributed by atoms with van der Waals surface area (Å²) in [6.45, 7) is 9.21. The molecule has 21 heavy (non-hydrogen) atoms. The lowest BCUT2D eigenvalue weighted by Gasteiger charge is -2.33. The number of benzene rings is 1. The molecule has 4 heteroatoms. The van der Waals surface area contributed by atoms with Gasteiger partial charge in [-0.1, -0.05) is 6.07 Å². The molecule has 1 N–H and O–H groups in total. The van der Waals surface area contributed by atoms with Crippen molar-refractivity contribution in [2.75, 3.05) is 25.2 Å². The molecule has 0 amide bonds. The van der Waals surface area contributed by atoms with Crippen molar-refractivity contribution in [1.82, 2.24) is 5.32 Å². The van der Waals surface area contributed by atoms with Crippen LogP contribution in [0.5, 0.6) is 0 Å². The van der Waals surface area contributed by atoms with E-state index in [0.29, 0.717) is 6.04 Å². The molecular weight excluding hydrogens is 328 g/mol. The topological polar surface area (TPSA) is 24.5 Å². The van der Waals surface area contributed by atoms with E-state index in [9.17, 15) is 0 Å². The van der Waals surface area contributed by atoms with Crippen molar-refractivity contribution < 1.29 is 4.74 Å². The van der Waals surface area contributed by atoms with E-state index in [-0.39, 0.29) is 5.54 Å². The summed E-state index contributed by atoms with van der Waals surface area (Å²) < 4.78 is 6.62. The lowest BCUT2D eigenvalue weighted by atomic mass is 10.1. The van der Waals surface area contributed by atoms with E-state index in [2.05, 4.69) is 72.2 Å². The van der Waals surface area contributed by atoms with Crippen molar-refractivity contribution >= 4 is 21.6 Å². The highest BCUT2D eigenvalue weighted by Crippen LogP contribution is 2.30. The molecule has 1 aliphatic heterocycles. The maximum atomic E-state index is 5.45. The molecule has 1 saturated heterocycles. The van der Waals surface area contributed by atoms with Crippen LogP contribution in [0.1, 0.15) is 39.2 Å². The van der Waals surface area contributed by atoms with Crippen LogP contribution in [0.2, 0.25) is 0 Å². The van der Waals surface area contributed by atoms with Crippen molar-refractivity contribution in [3.05, 3.63) is 28.2 Å². The van der Waals surface area contributed by atoms with Crippen LogP contribution in [-0.4, -0.2) is 31.8 Å². The Bertz CT molecular complexity index is 464. The van der Waals surface area contributed by atoms with E-state index < -0.39 is 0 Å². The molecule has 0 bridgehead atoms. The average molecular weight is 355 g/mol. The number of rotatable bonds is 4. The van der Waals surface area contributed by atoms with Crippen LogP contribution < -0.4 is 10.2 Å². The maximum absolute atomic E-state index is 5.45. The fraction of sp³-hybridized carbons (Fsp3) is 0.647. The quantitative estimate of drug-likeness (QED) is 0.885. The highest BCUT2D eigenvalue weighted by atomic mass is 79.9. The summed E-state index contributed by atoms with van der Waals surface area (Å²) in [4.78, 5) is 2.38. The lowest BCUT2D eigenvalue weighted by Crippen LogP contribution is -2.37. The Kier molecular flexibility index (Phi) is 5.69. The number of nitrogens with zero attached hydrogens (tertiary/aromatic N) is 1. The molecule has 118 valence electrons. The standard InChI is InChI=1S/C17H27BrN2O/c1-17(2,3)19-12-13-5-6-16(15(18)11-13)20(4)14-7-9-21-10-8-14/h5-6,11,14,19H,7-10,12H2,1-4H3. The van der Waals surface area contributed by atoms with Gasteiger partial charge in [-0.05, 0) is 67.2 Å². The molecule has 0 radical (unpaired) electrons. The van der Waals surface area contributed by atoms with Gasteiger partial charge in [0.25, 0.3) is 0 Å². The summed E-state index contributed by atoms with van der Waals surface area (Å²) in [5.41, 5.74) is 2.71. The minimum atomic E-state index is 0.143. The highest BCUT2D eigenvalue weighted by molar-refractivity contribution is 9.10. The zero-order chi connectivity index (χ0) is 15.5. The van der Waals surface area contributed by atoms with E-state index in [1.807, 2.05) is 0 Å². The van der Waals surface area contributed by atoms with E-state index >= 15 is 0 Å². The number of halogens is 1. The fourth-order valence-electron chi connectivity index (χ4n) is 2.58. The number of hydrogen-bond acceptors (Lipinski definition) is 3. The first kappa shape index (κ1) is 16.8. The first-order valence-electron chi connectivity index (χ1n) is 7.71. The predicted octanol–water partition coefficient (Wildman–Crippen LogP) is 3.95. The summed E-state index contributed by atoms with van der Waals surface area (Å²) >= 11 is 3.73. The second-order valence-corrected chi connectivity index (χ2v) is 7.70. The third-order valence-electron chi connectivity index (χ3n) is 3.95. The highest BCUT2D eigenvalue weighted by Gasteiger charge is 2.20. The van der Waals surface area contributed by atoms with Crippen LogP contribution in [0.3, 0.4) is 0 Å². The Morgan fingerprint density at radius 3 is 2.52 bits per heavy atom. The van der Waals surface area contributed by atoms with Gasteiger partial charge in [0.15, 0.2) is 0 Å². The second-order valence-electron chi connectivity index (χ2n) is 6.84. The Morgan fingerprint density at radius 1 is 1.29 bits per heavy atom. The molecule has 1 heterocycles. The van der Waals surface area contributed by atoms with Gasteiger partial charge in [0.2, 0.25) is 0 Å². The van der Waals surface area contributed by atoms with Gasteiger partial charge in [0.05, 0.1) is 5.69 Å². The van der Waals surface area contributed by atoms with Crippen LogP contribution in [0.25, 0.3) is 0 Å². The van der Waals surface area contributed by atoms with Gasteiger partial charge in [-0.2, -0.15) is 0 Å². The SMILES string of the molecule is CN(c1ccc(CNC(C)(C)C)cc1Br)C1CCOCC1. The summed E-state index contributed by atoms with van der Waals surface area (Å²) in [5.74, 6) is 0. The van der Waals surface area contributed by atoms with Crippen molar-refractivity contribution in [3.8, 4) is 0 Å². The van der Waals surface area contributed by atoms with Crippen LogP contribution in [-0.2, 0) is 11.3 Å². The predicted molar refractivity (Wildman–Crippen MR) is 93.0 cm³/mol. The fourth-order valence-corrected chi connectivity index (χ4v) is 3.29. The minimum Gasteiger partial charge on any atom is -0.381 e. The van der Waals surface area contributed by atoms with Crippen LogP contribution in [0, 0.1) is 0 Å². The molecule has 1 aromatic rings. The van der Waals surface area contributed by atoms with Crippen LogP contribution in [0.4, 0.5) is 5.69 Å². The van der Waals surface area contributed by atoms with Crippen LogP contribution in [0.15, 0.2) is 22.7 Å². The first-order valence-corrected chi connectivity index (χ1v) is 8.50. The monoisotopic (exact) mass is 354 g/mol. The summed E-state index contributed by atoms with van der Waals surface area (Å²) in [5, 5.41) is 3.53. The largest absolute Gasteiger partial charge is 0.381 e. The van der Waals surface area contributed by atoms with Gasteiger partial charge in [-0.25, -0.2) is 0 Å². The van der Waals surface area contributed by atoms with Crippen molar-refractivity contribution in [2.45, 2.75) is 51.7 Å². The molecule has 0 aliphatic carbocycles. The lowest BCUT2D eigenvalue weighted by molar-refractivity contribution is 0.0854. The molecule has 3 nitrogen and oxygen atoms in total.